The van der Waals surface area contributed by atoms with Crippen molar-refractivity contribution in [2.45, 2.75) is 12.8 Å². The molecule has 30 heavy (non-hydrogen) atoms. The second kappa shape index (κ2) is 8.65. The third kappa shape index (κ3) is 4.25. The van der Waals surface area contributed by atoms with Gasteiger partial charge in [0.2, 0.25) is 0 Å². The summed E-state index contributed by atoms with van der Waals surface area (Å²) in [7, 11) is 0. The van der Waals surface area contributed by atoms with Gasteiger partial charge >= 0.3 is 5.97 Å². The van der Waals surface area contributed by atoms with E-state index in [4.69, 9.17) is 5.11 Å². The molecular formula is C23H22N4O3. The van der Waals surface area contributed by atoms with Crippen LogP contribution in [0.25, 0.3) is 5.69 Å². The minimum Gasteiger partial charge on any atom is -0.478 e. The van der Waals surface area contributed by atoms with Gasteiger partial charge in [-0.25, -0.2) is 10.2 Å². The maximum absolute atomic E-state index is 12.4. The number of aromatic nitrogens is 1. The highest BCUT2D eigenvalue weighted by Gasteiger charge is 2.13. The monoisotopic (exact) mass is 402 g/mol. The zero-order valence-corrected chi connectivity index (χ0v) is 16.4. The van der Waals surface area contributed by atoms with Gasteiger partial charge in [0.1, 0.15) is 0 Å². The molecule has 0 aliphatic carbocycles. The maximum atomic E-state index is 12.4. The van der Waals surface area contributed by atoms with Crippen molar-refractivity contribution in [1.29, 1.82) is 0 Å². The number of aromatic carboxylic acids is 1. The van der Waals surface area contributed by atoms with E-state index in [-0.39, 0.29) is 11.5 Å². The molecule has 7 nitrogen and oxygen atoms in total. The summed E-state index contributed by atoms with van der Waals surface area (Å²) in [6, 6.07) is 17.8. The molecule has 1 aliphatic heterocycles. The highest BCUT2D eigenvalue weighted by molar-refractivity contribution is 5.95. The van der Waals surface area contributed by atoms with Crippen LogP contribution in [0.4, 0.5) is 5.69 Å². The summed E-state index contributed by atoms with van der Waals surface area (Å²) in [5, 5.41) is 13.1. The van der Waals surface area contributed by atoms with Crippen molar-refractivity contribution in [3.63, 3.8) is 0 Å². The van der Waals surface area contributed by atoms with Gasteiger partial charge in [0, 0.05) is 36.2 Å². The number of carboxylic acids is 1. The van der Waals surface area contributed by atoms with E-state index in [2.05, 4.69) is 15.4 Å². The van der Waals surface area contributed by atoms with Crippen LogP contribution in [0.15, 0.2) is 72.0 Å². The Morgan fingerprint density at radius 2 is 1.53 bits per heavy atom. The Morgan fingerprint density at radius 3 is 2.20 bits per heavy atom. The first-order valence-electron chi connectivity index (χ1n) is 9.81. The van der Waals surface area contributed by atoms with E-state index >= 15 is 0 Å². The van der Waals surface area contributed by atoms with Gasteiger partial charge in [-0.3, -0.25) is 4.79 Å². The molecule has 1 aromatic heterocycles. The van der Waals surface area contributed by atoms with E-state index < -0.39 is 5.97 Å². The average molecular weight is 402 g/mol. The molecule has 2 N–H and O–H groups in total. The van der Waals surface area contributed by atoms with Gasteiger partial charge < -0.3 is 14.6 Å². The first-order valence-corrected chi connectivity index (χ1v) is 9.81. The first kappa shape index (κ1) is 19.4. The Kier molecular flexibility index (Phi) is 5.61. The molecule has 0 spiro atoms. The Hall–Kier alpha value is -3.87. The number of hydrogen-bond donors (Lipinski definition) is 2. The molecule has 1 amide bonds. The maximum Gasteiger partial charge on any atom is 0.335 e. The predicted molar refractivity (Wildman–Crippen MR) is 116 cm³/mol. The number of carbonyl (C=O) groups is 2. The van der Waals surface area contributed by atoms with Crippen molar-refractivity contribution < 1.29 is 14.7 Å². The number of rotatable bonds is 6. The van der Waals surface area contributed by atoms with Crippen LogP contribution in [-0.4, -0.2) is 40.9 Å². The minimum atomic E-state index is -0.966. The van der Waals surface area contributed by atoms with Gasteiger partial charge in [-0.1, -0.05) is 0 Å². The normalized spacial score (nSPS) is 13.7. The lowest BCUT2D eigenvalue weighted by Crippen LogP contribution is -2.19. The highest BCUT2D eigenvalue weighted by atomic mass is 16.4. The van der Waals surface area contributed by atoms with Crippen LogP contribution < -0.4 is 10.3 Å². The SMILES string of the molecule is O=C(O)c1ccc(-n2cccc2/C=N\NC(=O)c2ccc(N3CCCC3)cc2)cc1. The van der Waals surface area contributed by atoms with Gasteiger partial charge in [0.05, 0.1) is 17.5 Å². The summed E-state index contributed by atoms with van der Waals surface area (Å²) in [6.45, 7) is 2.13. The molecule has 0 unspecified atom stereocenters. The number of carboxylic acid groups (broad SMARTS) is 1. The molecule has 0 saturated carbocycles. The Balaban J connectivity index is 1.40. The lowest BCUT2D eigenvalue weighted by Gasteiger charge is -2.17. The molecule has 2 aromatic carbocycles. The standard InChI is InChI=1S/C23H22N4O3/c28-22(17-5-9-19(10-6-17)26-13-1-2-14-26)25-24-16-21-4-3-15-27(21)20-11-7-18(8-12-20)23(29)30/h3-12,15-16H,1-2,13-14H2,(H,25,28)(H,29,30)/b24-16-. The summed E-state index contributed by atoms with van der Waals surface area (Å²) in [5.41, 5.74) is 6.02. The molecule has 0 radical (unpaired) electrons. The number of nitrogens with zero attached hydrogens (tertiary/aromatic N) is 3. The van der Waals surface area contributed by atoms with Crippen molar-refractivity contribution in [2.75, 3.05) is 18.0 Å². The Bertz CT molecular complexity index is 1060. The van der Waals surface area contributed by atoms with Gasteiger partial charge in [-0.15, -0.1) is 0 Å². The van der Waals surface area contributed by atoms with Crippen LogP contribution in [0.5, 0.6) is 0 Å². The van der Waals surface area contributed by atoms with Crippen LogP contribution in [0, 0.1) is 0 Å². The molecular weight excluding hydrogens is 380 g/mol. The molecule has 4 rings (SSSR count). The van der Waals surface area contributed by atoms with Crippen molar-refractivity contribution in [3.05, 3.63) is 83.7 Å². The lowest BCUT2D eigenvalue weighted by atomic mass is 10.2. The van der Waals surface area contributed by atoms with Crippen LogP contribution in [0.1, 0.15) is 39.3 Å². The van der Waals surface area contributed by atoms with Crippen molar-refractivity contribution in [1.82, 2.24) is 9.99 Å². The van der Waals surface area contributed by atoms with Crippen LogP contribution in [0.2, 0.25) is 0 Å². The number of benzene rings is 2. The Morgan fingerprint density at radius 1 is 0.900 bits per heavy atom. The number of nitrogens with one attached hydrogen (secondary N) is 1. The third-order valence-corrected chi connectivity index (χ3v) is 5.14. The smallest absolute Gasteiger partial charge is 0.335 e. The first-order chi connectivity index (χ1) is 14.6. The topological polar surface area (TPSA) is 86.9 Å². The van der Waals surface area contributed by atoms with Gasteiger partial charge in [0.25, 0.3) is 5.91 Å². The van der Waals surface area contributed by atoms with E-state index in [0.29, 0.717) is 5.56 Å². The second-order valence-corrected chi connectivity index (χ2v) is 7.10. The van der Waals surface area contributed by atoms with E-state index in [0.717, 1.165) is 30.2 Å². The van der Waals surface area contributed by atoms with Crippen LogP contribution in [-0.2, 0) is 0 Å². The number of anilines is 1. The fourth-order valence-electron chi connectivity index (χ4n) is 3.52. The average Bonchev–Trinajstić information content (AvgIpc) is 3.46. The third-order valence-electron chi connectivity index (χ3n) is 5.14. The van der Waals surface area contributed by atoms with E-state index in [1.165, 1.54) is 12.8 Å². The molecule has 152 valence electrons. The van der Waals surface area contributed by atoms with E-state index in [1.54, 1.807) is 30.5 Å². The summed E-state index contributed by atoms with van der Waals surface area (Å²) in [5.74, 6) is -1.24. The molecule has 1 saturated heterocycles. The van der Waals surface area contributed by atoms with E-state index in [9.17, 15) is 9.59 Å². The zero-order chi connectivity index (χ0) is 20.9. The van der Waals surface area contributed by atoms with Crippen LogP contribution >= 0.6 is 0 Å². The highest BCUT2D eigenvalue weighted by Crippen LogP contribution is 2.20. The van der Waals surface area contributed by atoms with Gasteiger partial charge in [-0.2, -0.15) is 5.10 Å². The summed E-state index contributed by atoms with van der Waals surface area (Å²) >= 11 is 0. The Labute approximate surface area is 174 Å². The van der Waals surface area contributed by atoms with Gasteiger partial charge in [0.15, 0.2) is 0 Å². The molecule has 7 heteroatoms. The minimum absolute atomic E-state index is 0.226. The number of hydrazone groups is 1. The molecule has 1 fully saturated rings. The van der Waals surface area contributed by atoms with E-state index in [1.807, 2.05) is 47.2 Å². The van der Waals surface area contributed by atoms with Crippen molar-refractivity contribution in [3.8, 4) is 5.69 Å². The van der Waals surface area contributed by atoms with Gasteiger partial charge in [-0.05, 0) is 73.5 Å². The summed E-state index contributed by atoms with van der Waals surface area (Å²) in [4.78, 5) is 25.7. The largest absolute Gasteiger partial charge is 0.478 e. The molecule has 3 aromatic rings. The molecule has 0 atom stereocenters. The van der Waals surface area contributed by atoms with Crippen molar-refractivity contribution >= 4 is 23.8 Å². The molecule has 0 bridgehead atoms. The van der Waals surface area contributed by atoms with Crippen molar-refractivity contribution in [2.24, 2.45) is 5.10 Å². The molecule has 1 aliphatic rings. The quantitative estimate of drug-likeness (QED) is 0.488. The fraction of sp³-hybridized carbons (Fsp3) is 0.174. The molecule has 2 heterocycles. The lowest BCUT2D eigenvalue weighted by molar-refractivity contribution is 0.0696. The second-order valence-electron chi connectivity index (χ2n) is 7.10. The number of carbonyl (C=O) groups excluding carboxylic acids is 1. The summed E-state index contributed by atoms with van der Waals surface area (Å²) in [6.07, 6.45) is 5.82. The predicted octanol–water partition coefficient (Wildman–Crippen LogP) is 3.54. The zero-order valence-electron chi connectivity index (χ0n) is 16.4. The van der Waals surface area contributed by atoms with Crippen LogP contribution in [0.3, 0.4) is 0 Å². The number of hydrogen-bond acceptors (Lipinski definition) is 4. The fourth-order valence-corrected chi connectivity index (χ4v) is 3.52. The number of amides is 1. The summed E-state index contributed by atoms with van der Waals surface area (Å²) < 4.78 is 1.85.